The highest BCUT2D eigenvalue weighted by molar-refractivity contribution is 8.00. The number of ether oxygens (including phenoxy) is 3. The van der Waals surface area contributed by atoms with Gasteiger partial charge in [-0.25, -0.2) is 0 Å². The third-order valence-electron chi connectivity index (χ3n) is 5.23. The zero-order valence-electron chi connectivity index (χ0n) is 13.9. The van der Waals surface area contributed by atoms with Gasteiger partial charge in [-0.05, 0) is 18.4 Å². The number of hydrogen-bond acceptors (Lipinski definition) is 5. The van der Waals surface area contributed by atoms with Gasteiger partial charge >= 0.3 is 0 Å². The fourth-order valence-corrected chi connectivity index (χ4v) is 5.20. The SMILES string of the molecule is O[C@H]1[C@H](OCc2ccccc2)[C@H]2CS[C@@H]1[C@H](OC1CCCCC1)O2. The Morgan fingerprint density at radius 2 is 1.92 bits per heavy atom. The molecule has 5 atom stereocenters. The van der Waals surface area contributed by atoms with Crippen molar-refractivity contribution in [1.82, 2.24) is 0 Å². The molecule has 2 bridgehead atoms. The summed E-state index contributed by atoms with van der Waals surface area (Å²) in [7, 11) is 0. The molecule has 5 rings (SSSR count). The first-order valence-electron chi connectivity index (χ1n) is 9.07. The summed E-state index contributed by atoms with van der Waals surface area (Å²) >= 11 is 1.76. The molecule has 1 aliphatic carbocycles. The molecule has 3 saturated heterocycles. The summed E-state index contributed by atoms with van der Waals surface area (Å²) in [5.41, 5.74) is 1.12. The zero-order chi connectivity index (χ0) is 16.4. The number of aliphatic hydroxyl groups is 1. The molecule has 0 amide bonds. The molecule has 1 N–H and O–H groups in total. The predicted octanol–water partition coefficient (Wildman–Crippen LogP) is 3.12. The Kier molecular flexibility index (Phi) is 5.44. The molecule has 1 aromatic carbocycles. The first-order valence-corrected chi connectivity index (χ1v) is 10.1. The molecule has 3 heterocycles. The first-order chi connectivity index (χ1) is 11.8. The van der Waals surface area contributed by atoms with Gasteiger partial charge in [-0.1, -0.05) is 49.6 Å². The van der Waals surface area contributed by atoms with Gasteiger partial charge in [-0.15, -0.1) is 11.8 Å². The van der Waals surface area contributed by atoms with Crippen molar-refractivity contribution in [2.24, 2.45) is 0 Å². The molecule has 1 saturated carbocycles. The van der Waals surface area contributed by atoms with Crippen LogP contribution in [0.25, 0.3) is 0 Å². The molecule has 0 aromatic heterocycles. The first kappa shape index (κ1) is 16.9. The fourth-order valence-electron chi connectivity index (χ4n) is 3.89. The lowest BCUT2D eigenvalue weighted by atomic mass is 9.97. The van der Waals surface area contributed by atoms with Crippen LogP contribution in [0.1, 0.15) is 37.7 Å². The highest BCUT2D eigenvalue weighted by Crippen LogP contribution is 2.41. The van der Waals surface area contributed by atoms with Gasteiger partial charge in [0.1, 0.15) is 6.10 Å². The van der Waals surface area contributed by atoms with Crippen LogP contribution in [0.2, 0.25) is 0 Å². The summed E-state index contributed by atoms with van der Waals surface area (Å²) < 4.78 is 18.3. The minimum absolute atomic E-state index is 0.0438. The average molecular weight is 350 g/mol. The summed E-state index contributed by atoms with van der Waals surface area (Å²) in [6, 6.07) is 10.1. The van der Waals surface area contributed by atoms with E-state index in [9.17, 15) is 5.11 Å². The lowest BCUT2D eigenvalue weighted by Crippen LogP contribution is -2.63. The Labute approximate surface area is 147 Å². The molecular formula is C19H26O4S. The van der Waals surface area contributed by atoms with Crippen molar-refractivity contribution < 1.29 is 19.3 Å². The minimum Gasteiger partial charge on any atom is -0.389 e. The lowest BCUT2D eigenvalue weighted by Gasteiger charge is -2.49. The van der Waals surface area contributed by atoms with Gasteiger partial charge in [0.25, 0.3) is 0 Å². The van der Waals surface area contributed by atoms with Crippen LogP contribution in [-0.2, 0) is 20.8 Å². The van der Waals surface area contributed by atoms with E-state index in [4.69, 9.17) is 14.2 Å². The Hall–Kier alpha value is -0.590. The van der Waals surface area contributed by atoms with Crippen LogP contribution in [0.3, 0.4) is 0 Å². The van der Waals surface area contributed by atoms with Gasteiger partial charge in [0.05, 0.1) is 30.2 Å². The molecule has 3 aliphatic heterocycles. The molecule has 4 fully saturated rings. The van der Waals surface area contributed by atoms with Crippen LogP contribution in [0, 0.1) is 0 Å². The van der Waals surface area contributed by atoms with Crippen LogP contribution >= 0.6 is 11.8 Å². The van der Waals surface area contributed by atoms with E-state index < -0.39 is 6.10 Å². The normalized spacial score (nSPS) is 36.8. The predicted molar refractivity (Wildman–Crippen MR) is 93.9 cm³/mol. The molecule has 0 spiro atoms. The fraction of sp³-hybridized carbons (Fsp3) is 0.684. The van der Waals surface area contributed by atoms with Crippen molar-refractivity contribution in [3.05, 3.63) is 35.9 Å². The van der Waals surface area contributed by atoms with Crippen LogP contribution in [-0.4, -0.2) is 46.8 Å². The van der Waals surface area contributed by atoms with Gasteiger partial charge in [0, 0.05) is 5.75 Å². The molecule has 0 radical (unpaired) electrons. The van der Waals surface area contributed by atoms with E-state index in [0.29, 0.717) is 12.7 Å². The van der Waals surface area contributed by atoms with Gasteiger partial charge in [0.2, 0.25) is 0 Å². The molecule has 5 heteroatoms. The largest absolute Gasteiger partial charge is 0.389 e. The molecule has 4 aliphatic rings. The standard InChI is InChI=1S/C19H26O4S/c20-16-17(21-11-13-7-3-1-4-8-13)15-12-24-18(16)19(23-15)22-14-9-5-2-6-10-14/h1,3-4,7-8,14-20H,2,5-6,9-12H2/t15-,16+,17-,18+,19-/m1/s1. The summed E-state index contributed by atoms with van der Waals surface area (Å²) in [4.78, 5) is 0. The molecule has 0 unspecified atom stereocenters. The number of benzene rings is 1. The van der Waals surface area contributed by atoms with Crippen molar-refractivity contribution >= 4 is 11.8 Å². The summed E-state index contributed by atoms with van der Waals surface area (Å²) in [6.07, 6.45) is 5.15. The zero-order valence-corrected chi connectivity index (χ0v) is 14.7. The average Bonchev–Trinajstić information content (AvgIpc) is 2.63. The highest BCUT2D eigenvalue weighted by atomic mass is 32.2. The summed E-state index contributed by atoms with van der Waals surface area (Å²) in [6.45, 7) is 0.508. The van der Waals surface area contributed by atoms with Crippen LogP contribution in [0.4, 0.5) is 0 Å². The second-order valence-corrected chi connectivity index (χ2v) is 8.20. The maximum absolute atomic E-state index is 10.7. The number of aliphatic hydroxyl groups excluding tert-OH is 1. The second kappa shape index (κ2) is 7.75. The minimum atomic E-state index is -0.528. The molecular weight excluding hydrogens is 324 g/mol. The van der Waals surface area contributed by atoms with Crippen LogP contribution in [0.15, 0.2) is 30.3 Å². The van der Waals surface area contributed by atoms with E-state index in [2.05, 4.69) is 0 Å². The van der Waals surface area contributed by atoms with Crippen molar-refractivity contribution in [2.45, 2.75) is 74.7 Å². The Bertz CT molecular complexity index is 517. The topological polar surface area (TPSA) is 47.9 Å². The van der Waals surface area contributed by atoms with Gasteiger partial charge in [-0.2, -0.15) is 0 Å². The van der Waals surface area contributed by atoms with E-state index >= 15 is 0 Å². The van der Waals surface area contributed by atoms with Crippen molar-refractivity contribution in [2.75, 3.05) is 5.75 Å². The smallest absolute Gasteiger partial charge is 0.172 e. The third-order valence-corrected chi connectivity index (χ3v) is 6.64. The van der Waals surface area contributed by atoms with E-state index in [1.54, 1.807) is 11.8 Å². The maximum Gasteiger partial charge on any atom is 0.172 e. The number of rotatable bonds is 5. The lowest BCUT2D eigenvalue weighted by molar-refractivity contribution is -0.270. The highest BCUT2D eigenvalue weighted by Gasteiger charge is 2.51. The second-order valence-electron chi connectivity index (χ2n) is 6.99. The Balaban J connectivity index is 1.34. The van der Waals surface area contributed by atoms with Crippen molar-refractivity contribution in [1.29, 1.82) is 0 Å². The number of hydrogen-bond donors (Lipinski definition) is 1. The van der Waals surface area contributed by atoms with E-state index in [-0.39, 0.29) is 23.7 Å². The van der Waals surface area contributed by atoms with Gasteiger partial charge in [-0.3, -0.25) is 0 Å². The summed E-state index contributed by atoms with van der Waals surface area (Å²) in [5, 5.41) is 10.7. The molecule has 1 aromatic rings. The van der Waals surface area contributed by atoms with Gasteiger partial charge in [0.15, 0.2) is 6.29 Å². The molecule has 24 heavy (non-hydrogen) atoms. The Morgan fingerprint density at radius 1 is 1.12 bits per heavy atom. The quantitative estimate of drug-likeness (QED) is 0.884. The van der Waals surface area contributed by atoms with E-state index in [1.165, 1.54) is 19.3 Å². The van der Waals surface area contributed by atoms with Crippen LogP contribution in [0.5, 0.6) is 0 Å². The van der Waals surface area contributed by atoms with Gasteiger partial charge < -0.3 is 19.3 Å². The monoisotopic (exact) mass is 350 g/mol. The molecule has 4 nitrogen and oxygen atoms in total. The van der Waals surface area contributed by atoms with Crippen molar-refractivity contribution in [3.8, 4) is 0 Å². The van der Waals surface area contributed by atoms with E-state index in [0.717, 1.165) is 24.2 Å². The van der Waals surface area contributed by atoms with Crippen molar-refractivity contribution in [3.63, 3.8) is 0 Å². The van der Waals surface area contributed by atoms with E-state index in [1.807, 2.05) is 30.3 Å². The summed E-state index contributed by atoms with van der Waals surface area (Å²) in [5.74, 6) is 0.867. The number of thioether (sulfide) groups is 1. The Morgan fingerprint density at radius 3 is 2.67 bits per heavy atom. The number of fused-ring (bicyclic) bond motifs is 3. The third kappa shape index (κ3) is 3.65. The van der Waals surface area contributed by atoms with Crippen LogP contribution < -0.4 is 0 Å². The maximum atomic E-state index is 10.7. The molecule has 132 valence electrons.